The van der Waals surface area contributed by atoms with Gasteiger partial charge in [-0.2, -0.15) is 0 Å². The van der Waals surface area contributed by atoms with E-state index in [2.05, 4.69) is 4.72 Å². The molecule has 0 aliphatic heterocycles. The first kappa shape index (κ1) is 21.5. The largest absolute Gasteiger partial charge is 0.497 e. The molecule has 8 heteroatoms. The fourth-order valence-corrected chi connectivity index (χ4v) is 4.01. The number of ether oxygens (including phenoxy) is 2. The number of benzene rings is 1. The molecule has 1 amide bonds. The van der Waals surface area contributed by atoms with Gasteiger partial charge in [-0.1, -0.05) is 0 Å². The SMILES string of the molecule is COc1ccc(S(=O)(=O)NCCCN(C(=O)OC(C)(C)C)C2CC2)c(C)c1. The van der Waals surface area contributed by atoms with E-state index in [1.807, 2.05) is 20.8 Å². The van der Waals surface area contributed by atoms with Crippen LogP contribution in [0.25, 0.3) is 0 Å². The minimum atomic E-state index is -3.61. The first-order valence-corrected chi connectivity index (χ1v) is 10.7. The van der Waals surface area contributed by atoms with E-state index in [-0.39, 0.29) is 23.6 Å². The van der Waals surface area contributed by atoms with E-state index < -0.39 is 15.6 Å². The molecule has 1 aromatic carbocycles. The van der Waals surface area contributed by atoms with E-state index in [4.69, 9.17) is 9.47 Å². The quantitative estimate of drug-likeness (QED) is 0.680. The average Bonchev–Trinajstić information content (AvgIpc) is 3.37. The maximum atomic E-state index is 12.5. The van der Waals surface area contributed by atoms with Crippen LogP contribution in [0, 0.1) is 6.92 Å². The molecule has 27 heavy (non-hydrogen) atoms. The predicted molar refractivity (Wildman–Crippen MR) is 103 cm³/mol. The maximum absolute atomic E-state index is 12.5. The normalized spacial score (nSPS) is 14.7. The van der Waals surface area contributed by atoms with Gasteiger partial charge in [0.25, 0.3) is 0 Å². The smallest absolute Gasteiger partial charge is 0.410 e. The minimum absolute atomic E-state index is 0.209. The molecule has 0 heterocycles. The summed E-state index contributed by atoms with van der Waals surface area (Å²) >= 11 is 0. The molecule has 0 spiro atoms. The van der Waals surface area contributed by atoms with Crippen molar-refractivity contribution in [2.24, 2.45) is 0 Å². The van der Waals surface area contributed by atoms with Gasteiger partial charge in [0.1, 0.15) is 11.4 Å². The highest BCUT2D eigenvalue weighted by atomic mass is 32.2. The van der Waals surface area contributed by atoms with Crippen LogP contribution in [0.4, 0.5) is 4.79 Å². The van der Waals surface area contributed by atoms with Crippen molar-refractivity contribution in [1.29, 1.82) is 0 Å². The van der Waals surface area contributed by atoms with Gasteiger partial charge in [-0.25, -0.2) is 17.9 Å². The Morgan fingerprint density at radius 1 is 1.30 bits per heavy atom. The zero-order valence-electron chi connectivity index (χ0n) is 16.7. The summed E-state index contributed by atoms with van der Waals surface area (Å²) in [7, 11) is -2.07. The van der Waals surface area contributed by atoms with Crippen LogP contribution < -0.4 is 9.46 Å². The minimum Gasteiger partial charge on any atom is -0.497 e. The van der Waals surface area contributed by atoms with Crippen LogP contribution in [0.5, 0.6) is 5.75 Å². The van der Waals surface area contributed by atoms with Crippen LogP contribution >= 0.6 is 0 Å². The molecule has 1 aliphatic carbocycles. The van der Waals surface area contributed by atoms with Crippen LogP contribution in [0.1, 0.15) is 45.6 Å². The highest BCUT2D eigenvalue weighted by molar-refractivity contribution is 7.89. The second-order valence-electron chi connectivity index (χ2n) is 7.79. The highest BCUT2D eigenvalue weighted by Crippen LogP contribution is 2.28. The van der Waals surface area contributed by atoms with Crippen molar-refractivity contribution < 1.29 is 22.7 Å². The monoisotopic (exact) mass is 398 g/mol. The number of carbonyl (C=O) groups excluding carboxylic acids is 1. The molecule has 152 valence electrons. The lowest BCUT2D eigenvalue weighted by molar-refractivity contribution is 0.0232. The number of methoxy groups -OCH3 is 1. The van der Waals surface area contributed by atoms with Gasteiger partial charge in [0.15, 0.2) is 0 Å². The lowest BCUT2D eigenvalue weighted by atomic mass is 10.2. The van der Waals surface area contributed by atoms with Crippen LogP contribution in [-0.4, -0.2) is 51.3 Å². The van der Waals surface area contributed by atoms with Gasteiger partial charge in [0.05, 0.1) is 12.0 Å². The summed E-state index contributed by atoms with van der Waals surface area (Å²) in [5, 5.41) is 0. The maximum Gasteiger partial charge on any atom is 0.410 e. The summed E-state index contributed by atoms with van der Waals surface area (Å²) in [6, 6.07) is 5.05. The van der Waals surface area contributed by atoms with Crippen molar-refractivity contribution in [3.8, 4) is 5.75 Å². The second-order valence-corrected chi connectivity index (χ2v) is 9.52. The molecule has 0 aromatic heterocycles. The van der Waals surface area contributed by atoms with E-state index in [1.165, 1.54) is 13.2 Å². The third-order valence-electron chi connectivity index (χ3n) is 4.16. The van der Waals surface area contributed by atoms with E-state index in [9.17, 15) is 13.2 Å². The number of aryl methyl sites for hydroxylation is 1. The molecule has 1 N–H and O–H groups in total. The van der Waals surface area contributed by atoms with Crippen molar-refractivity contribution in [2.45, 2.75) is 63.5 Å². The summed E-state index contributed by atoms with van der Waals surface area (Å²) < 4.78 is 38.2. The van der Waals surface area contributed by atoms with Gasteiger partial charge in [0.2, 0.25) is 10.0 Å². The third kappa shape index (κ3) is 6.39. The van der Waals surface area contributed by atoms with Crippen LogP contribution in [0.15, 0.2) is 23.1 Å². The molecule has 0 saturated heterocycles. The molecule has 0 radical (unpaired) electrons. The first-order chi connectivity index (χ1) is 12.5. The zero-order valence-corrected chi connectivity index (χ0v) is 17.6. The standard InChI is InChI=1S/C19H30N2O5S/c1-14-13-16(25-5)9-10-17(14)27(23,24)20-11-6-12-21(15-7-8-15)18(22)26-19(2,3)4/h9-10,13,15,20H,6-8,11-12H2,1-5H3. The van der Waals surface area contributed by atoms with Crippen molar-refractivity contribution in [3.05, 3.63) is 23.8 Å². The lowest BCUT2D eigenvalue weighted by Gasteiger charge is -2.27. The molecule has 1 fully saturated rings. The van der Waals surface area contributed by atoms with Gasteiger partial charge in [-0.15, -0.1) is 0 Å². The second kappa shape index (κ2) is 8.48. The number of nitrogens with zero attached hydrogens (tertiary/aromatic N) is 1. The number of nitrogens with one attached hydrogen (secondary N) is 1. The van der Waals surface area contributed by atoms with E-state index in [0.29, 0.717) is 24.3 Å². The summed E-state index contributed by atoms with van der Waals surface area (Å²) in [4.78, 5) is 14.2. The summed E-state index contributed by atoms with van der Waals surface area (Å²) in [6.07, 6.45) is 2.12. The van der Waals surface area contributed by atoms with E-state index >= 15 is 0 Å². The Labute approximate surface area is 162 Å². The molecule has 0 bridgehead atoms. The predicted octanol–water partition coefficient (Wildman–Crippen LogP) is 3.07. The van der Waals surface area contributed by atoms with Gasteiger partial charge >= 0.3 is 6.09 Å². The molecule has 1 aromatic rings. The zero-order chi connectivity index (χ0) is 20.2. The number of amides is 1. The molecule has 1 saturated carbocycles. The van der Waals surface area contributed by atoms with Crippen LogP contribution in [-0.2, 0) is 14.8 Å². The van der Waals surface area contributed by atoms with Gasteiger partial charge < -0.3 is 14.4 Å². The Morgan fingerprint density at radius 3 is 2.48 bits per heavy atom. The van der Waals surface area contributed by atoms with Gasteiger partial charge in [-0.3, -0.25) is 0 Å². The highest BCUT2D eigenvalue weighted by Gasteiger charge is 2.34. The summed E-state index contributed by atoms with van der Waals surface area (Å²) in [5.74, 6) is 0.615. The van der Waals surface area contributed by atoms with Crippen LogP contribution in [0.3, 0.4) is 0 Å². The molecule has 7 nitrogen and oxygen atoms in total. The topological polar surface area (TPSA) is 84.9 Å². The van der Waals surface area contributed by atoms with E-state index in [1.54, 1.807) is 24.0 Å². The van der Waals surface area contributed by atoms with Crippen molar-refractivity contribution in [1.82, 2.24) is 9.62 Å². The van der Waals surface area contributed by atoms with Crippen molar-refractivity contribution >= 4 is 16.1 Å². The molecular weight excluding hydrogens is 368 g/mol. The Morgan fingerprint density at radius 2 is 1.96 bits per heavy atom. The molecular formula is C19H30N2O5S. The fraction of sp³-hybridized carbons (Fsp3) is 0.632. The molecule has 2 rings (SSSR count). The summed E-state index contributed by atoms with van der Waals surface area (Å²) in [6.45, 7) is 7.95. The van der Waals surface area contributed by atoms with Crippen molar-refractivity contribution in [2.75, 3.05) is 20.2 Å². The Bertz CT molecular complexity index is 767. The van der Waals surface area contributed by atoms with Gasteiger partial charge in [0, 0.05) is 19.1 Å². The number of hydrogen-bond acceptors (Lipinski definition) is 5. The Hall–Kier alpha value is -1.80. The fourth-order valence-electron chi connectivity index (χ4n) is 2.71. The lowest BCUT2D eigenvalue weighted by Crippen LogP contribution is -2.39. The van der Waals surface area contributed by atoms with Crippen molar-refractivity contribution in [3.63, 3.8) is 0 Å². The van der Waals surface area contributed by atoms with Crippen LogP contribution in [0.2, 0.25) is 0 Å². The number of rotatable bonds is 8. The number of sulfonamides is 1. The van der Waals surface area contributed by atoms with E-state index in [0.717, 1.165) is 12.8 Å². The summed E-state index contributed by atoms with van der Waals surface area (Å²) in [5.41, 5.74) is 0.0766. The Kier molecular flexibility index (Phi) is 6.75. The third-order valence-corrected chi connectivity index (χ3v) is 5.78. The number of carbonyl (C=O) groups is 1. The molecule has 0 unspecified atom stereocenters. The molecule has 0 atom stereocenters. The molecule has 1 aliphatic rings. The number of hydrogen-bond donors (Lipinski definition) is 1. The Balaban J connectivity index is 1.90. The first-order valence-electron chi connectivity index (χ1n) is 9.17. The van der Waals surface area contributed by atoms with Gasteiger partial charge in [-0.05, 0) is 70.7 Å². The average molecular weight is 399 g/mol.